The van der Waals surface area contributed by atoms with E-state index in [-0.39, 0.29) is 12.2 Å². The van der Waals surface area contributed by atoms with Gasteiger partial charge in [-0.05, 0) is 29.8 Å². The van der Waals surface area contributed by atoms with Gasteiger partial charge >= 0.3 is 0 Å². The normalized spacial score (nSPS) is 11.8. The average molecular weight is 323 g/mol. The largest absolute Gasteiger partial charge is 0.298 e. The van der Waals surface area contributed by atoms with Crippen molar-refractivity contribution < 1.29 is 13.2 Å². The van der Waals surface area contributed by atoms with E-state index in [1.54, 1.807) is 4.68 Å². The van der Waals surface area contributed by atoms with Gasteiger partial charge in [0.25, 0.3) is 0 Å². The van der Waals surface area contributed by atoms with E-state index in [1.165, 1.54) is 0 Å². The lowest BCUT2D eigenvalue weighted by molar-refractivity contribution is -0.116. The smallest absolute Gasteiger partial charge is 0.154 e. The molecule has 0 bridgehead atoms. The van der Waals surface area contributed by atoms with Crippen LogP contribution in [0.1, 0.15) is 18.3 Å². The third-order valence-electron chi connectivity index (χ3n) is 2.24. The van der Waals surface area contributed by atoms with Crippen LogP contribution in [0.2, 0.25) is 0 Å². The third-order valence-corrected chi connectivity index (χ3v) is 4.12. The topological polar surface area (TPSA) is 69.0 Å². The van der Waals surface area contributed by atoms with Crippen molar-refractivity contribution in [3.63, 3.8) is 0 Å². The summed E-state index contributed by atoms with van der Waals surface area (Å²) in [4.78, 5) is 11.6. The number of nitrogens with zero attached hydrogens (tertiary/aromatic N) is 2. The first-order valence-corrected chi connectivity index (χ1v) is 8.01. The number of ketones is 1. The number of carbonyl (C=O) groups is 1. The van der Waals surface area contributed by atoms with Crippen molar-refractivity contribution in [2.24, 2.45) is 0 Å². The molecule has 0 aliphatic carbocycles. The van der Waals surface area contributed by atoms with Gasteiger partial charge in [0.15, 0.2) is 15.6 Å². The zero-order valence-corrected chi connectivity index (χ0v) is 12.4. The highest BCUT2D eigenvalue weighted by molar-refractivity contribution is 9.10. The van der Waals surface area contributed by atoms with Crippen LogP contribution in [0.3, 0.4) is 0 Å². The Bertz CT molecular complexity index is 534. The summed E-state index contributed by atoms with van der Waals surface area (Å²) in [6.45, 7) is 4.40. The molecule has 96 valence electrons. The van der Waals surface area contributed by atoms with Gasteiger partial charge in [0.1, 0.15) is 5.75 Å². The molecule has 1 aromatic heterocycles. The summed E-state index contributed by atoms with van der Waals surface area (Å²) in [5, 5.41) is 4.25. The van der Waals surface area contributed by atoms with Crippen molar-refractivity contribution in [1.82, 2.24) is 9.78 Å². The summed E-state index contributed by atoms with van der Waals surface area (Å²) >= 11 is 3.36. The maximum Gasteiger partial charge on any atom is 0.154 e. The molecule has 0 amide bonds. The van der Waals surface area contributed by atoms with Crippen molar-refractivity contribution in [2.75, 3.05) is 12.0 Å². The van der Waals surface area contributed by atoms with Gasteiger partial charge in [-0.1, -0.05) is 0 Å². The van der Waals surface area contributed by atoms with Gasteiger partial charge in [0.05, 0.1) is 22.3 Å². The number of Topliss-reactive ketones (excluding diaryl/α,β-unsaturated/α-hetero) is 1. The molecule has 1 aromatic rings. The second kappa shape index (κ2) is 5.30. The third kappa shape index (κ3) is 3.92. The van der Waals surface area contributed by atoms with Crippen LogP contribution in [0, 0.1) is 6.92 Å². The first-order chi connectivity index (χ1) is 7.74. The number of hydrogen-bond acceptors (Lipinski definition) is 4. The Balaban J connectivity index is 2.92. The predicted molar refractivity (Wildman–Crippen MR) is 68.8 cm³/mol. The number of aromatic nitrogens is 2. The highest BCUT2D eigenvalue weighted by Crippen LogP contribution is 2.21. The zero-order chi connectivity index (χ0) is 13.2. The number of rotatable bonds is 5. The molecule has 7 heteroatoms. The van der Waals surface area contributed by atoms with E-state index in [4.69, 9.17) is 0 Å². The Morgan fingerprint density at radius 1 is 1.47 bits per heavy atom. The molecule has 0 N–H and O–H groups in total. The number of halogens is 1. The van der Waals surface area contributed by atoms with Crippen LogP contribution in [0.5, 0.6) is 0 Å². The molecule has 0 aliphatic heterocycles. The van der Waals surface area contributed by atoms with Gasteiger partial charge in [-0.2, -0.15) is 5.10 Å². The van der Waals surface area contributed by atoms with Crippen molar-refractivity contribution in [3.8, 4) is 0 Å². The molecule has 0 unspecified atom stereocenters. The lowest BCUT2D eigenvalue weighted by Gasteiger charge is -2.04. The minimum absolute atomic E-state index is 0.0856. The minimum atomic E-state index is -3.26. The van der Waals surface area contributed by atoms with Crippen LogP contribution in [0.25, 0.3) is 0 Å². The quantitative estimate of drug-likeness (QED) is 0.814. The van der Waals surface area contributed by atoms with Crippen molar-refractivity contribution in [1.29, 1.82) is 0 Å². The molecule has 0 atom stereocenters. The van der Waals surface area contributed by atoms with E-state index < -0.39 is 15.6 Å². The fraction of sp³-hybridized carbons (Fsp3) is 0.600. The molecule has 0 fully saturated rings. The Morgan fingerprint density at radius 2 is 2.06 bits per heavy atom. The predicted octanol–water partition coefficient (Wildman–Crippen LogP) is 1.13. The Morgan fingerprint density at radius 3 is 2.53 bits per heavy atom. The number of aryl methyl sites for hydroxylation is 2. The molecule has 5 nitrogen and oxygen atoms in total. The van der Waals surface area contributed by atoms with Crippen molar-refractivity contribution in [3.05, 3.63) is 15.9 Å². The second-order valence-corrected chi connectivity index (χ2v) is 6.88. The monoisotopic (exact) mass is 322 g/mol. The van der Waals surface area contributed by atoms with Crippen molar-refractivity contribution >= 4 is 31.6 Å². The van der Waals surface area contributed by atoms with Crippen LogP contribution >= 0.6 is 15.9 Å². The summed E-state index contributed by atoms with van der Waals surface area (Å²) in [5.74, 6) is -0.740. The second-order valence-electron chi connectivity index (χ2n) is 3.95. The maximum absolute atomic E-state index is 11.6. The first-order valence-electron chi connectivity index (χ1n) is 5.15. The average Bonchev–Trinajstić information content (AvgIpc) is 2.42. The molecule has 0 radical (unpaired) electrons. The van der Waals surface area contributed by atoms with Crippen LogP contribution < -0.4 is 0 Å². The van der Waals surface area contributed by atoms with E-state index in [1.807, 2.05) is 13.8 Å². The molecule has 0 saturated carbocycles. The van der Waals surface area contributed by atoms with Gasteiger partial charge in [0, 0.05) is 12.8 Å². The van der Waals surface area contributed by atoms with Crippen LogP contribution in [0.4, 0.5) is 0 Å². The summed E-state index contributed by atoms with van der Waals surface area (Å²) < 4.78 is 24.5. The summed E-state index contributed by atoms with van der Waals surface area (Å²) in [6.07, 6.45) is 1.14. The summed E-state index contributed by atoms with van der Waals surface area (Å²) in [5.41, 5.74) is 1.53. The molecule has 0 aromatic carbocycles. The van der Waals surface area contributed by atoms with Crippen LogP contribution in [0.15, 0.2) is 4.47 Å². The standard InChI is InChI=1S/C10H15BrN2O3S/c1-4-13-9(10(11)7(2)12-13)5-8(14)6-17(3,15)16/h4-6H2,1-3H3. The molecule has 0 spiro atoms. The SMILES string of the molecule is CCn1nc(C)c(Br)c1CC(=O)CS(C)(=O)=O. The van der Waals surface area contributed by atoms with Gasteiger partial charge in [-0.3, -0.25) is 9.48 Å². The van der Waals surface area contributed by atoms with Gasteiger partial charge < -0.3 is 0 Å². The van der Waals surface area contributed by atoms with Crippen molar-refractivity contribution in [2.45, 2.75) is 26.8 Å². The van der Waals surface area contributed by atoms with E-state index in [2.05, 4.69) is 21.0 Å². The Hall–Kier alpha value is -0.690. The van der Waals surface area contributed by atoms with Gasteiger partial charge in [-0.15, -0.1) is 0 Å². The number of sulfone groups is 1. The van der Waals surface area contributed by atoms with Crippen LogP contribution in [-0.4, -0.2) is 36.0 Å². The highest BCUT2D eigenvalue weighted by Gasteiger charge is 2.18. The number of carbonyl (C=O) groups excluding carboxylic acids is 1. The minimum Gasteiger partial charge on any atom is -0.298 e. The van der Waals surface area contributed by atoms with Gasteiger partial charge in [-0.25, -0.2) is 8.42 Å². The Kier molecular flexibility index (Phi) is 4.48. The molecule has 1 rings (SSSR count). The van der Waals surface area contributed by atoms with E-state index >= 15 is 0 Å². The molecular formula is C10H15BrN2O3S. The fourth-order valence-corrected chi connectivity index (χ4v) is 2.68. The molecule has 0 saturated heterocycles. The zero-order valence-electron chi connectivity index (χ0n) is 10.0. The number of hydrogen-bond donors (Lipinski definition) is 0. The lowest BCUT2D eigenvalue weighted by Crippen LogP contribution is -2.18. The van der Waals surface area contributed by atoms with Crippen LogP contribution in [-0.2, 0) is 27.6 Å². The van der Waals surface area contributed by atoms with Gasteiger partial charge in [0.2, 0.25) is 0 Å². The molecule has 1 heterocycles. The molecular weight excluding hydrogens is 308 g/mol. The highest BCUT2D eigenvalue weighted by atomic mass is 79.9. The first kappa shape index (κ1) is 14.4. The van der Waals surface area contributed by atoms with E-state index in [0.29, 0.717) is 6.54 Å². The summed E-state index contributed by atoms with van der Waals surface area (Å²) in [6, 6.07) is 0. The lowest BCUT2D eigenvalue weighted by atomic mass is 10.2. The fourth-order valence-electron chi connectivity index (χ4n) is 1.57. The Labute approximate surface area is 109 Å². The van der Waals surface area contributed by atoms with E-state index in [9.17, 15) is 13.2 Å². The molecule has 0 aliphatic rings. The maximum atomic E-state index is 11.6. The summed E-state index contributed by atoms with van der Waals surface area (Å²) in [7, 11) is -3.26. The molecule has 17 heavy (non-hydrogen) atoms. The van der Waals surface area contributed by atoms with E-state index in [0.717, 1.165) is 22.1 Å².